The maximum Gasteiger partial charge on any atom is 0.258 e. The lowest BCUT2D eigenvalue weighted by molar-refractivity contribution is -0.123. The van der Waals surface area contributed by atoms with Gasteiger partial charge in [-0.05, 0) is 56.2 Å². The number of ether oxygens (including phenoxy) is 1. The molecule has 0 spiro atoms. The summed E-state index contributed by atoms with van der Waals surface area (Å²) in [7, 11) is 0. The first-order chi connectivity index (χ1) is 12.6. The van der Waals surface area contributed by atoms with E-state index in [0.29, 0.717) is 12.1 Å². The van der Waals surface area contributed by atoms with Gasteiger partial charge in [-0.25, -0.2) is 0 Å². The topological polar surface area (TPSA) is 74.8 Å². The van der Waals surface area contributed by atoms with Gasteiger partial charge >= 0.3 is 0 Å². The van der Waals surface area contributed by atoms with Crippen LogP contribution in [0.4, 0.5) is 0 Å². The summed E-state index contributed by atoms with van der Waals surface area (Å²) in [6, 6.07) is 8.84. The fourth-order valence-electron chi connectivity index (χ4n) is 2.71. The van der Waals surface area contributed by atoms with Gasteiger partial charge in [-0.1, -0.05) is 19.1 Å². The molecule has 0 heterocycles. The van der Waals surface area contributed by atoms with E-state index in [1.165, 1.54) is 12.0 Å². The first-order valence-electron chi connectivity index (χ1n) is 9.70. The Bertz CT molecular complexity index is 625. The second-order valence-corrected chi connectivity index (χ2v) is 7.25. The molecule has 6 nitrogen and oxygen atoms in total. The number of benzene rings is 1. The highest BCUT2D eigenvalue weighted by atomic mass is 16.5. The molecule has 3 rings (SSSR count). The van der Waals surface area contributed by atoms with Gasteiger partial charge in [-0.15, -0.1) is 0 Å². The van der Waals surface area contributed by atoms with Crippen molar-refractivity contribution >= 4 is 11.9 Å². The molecule has 0 aromatic heterocycles. The molecule has 2 fully saturated rings. The van der Waals surface area contributed by atoms with Crippen molar-refractivity contribution in [3.8, 4) is 5.75 Å². The van der Waals surface area contributed by atoms with Crippen molar-refractivity contribution in [1.82, 2.24) is 16.0 Å². The Hall–Kier alpha value is -2.24. The van der Waals surface area contributed by atoms with Crippen molar-refractivity contribution in [3.63, 3.8) is 0 Å². The molecule has 142 valence electrons. The van der Waals surface area contributed by atoms with Gasteiger partial charge in [0.05, 0.1) is 0 Å². The van der Waals surface area contributed by atoms with Crippen LogP contribution in [0.2, 0.25) is 0 Å². The SMILES string of the molecule is CCNC(=NCCc1ccc(OCC(=O)NC2CC2)cc1)NC1CC1C. The molecule has 0 saturated heterocycles. The van der Waals surface area contributed by atoms with E-state index in [2.05, 4.69) is 34.8 Å². The van der Waals surface area contributed by atoms with Crippen molar-refractivity contribution < 1.29 is 9.53 Å². The molecule has 0 aliphatic heterocycles. The van der Waals surface area contributed by atoms with Crippen LogP contribution in [0.3, 0.4) is 0 Å². The van der Waals surface area contributed by atoms with E-state index in [1.54, 1.807) is 0 Å². The molecular formula is C20H30N4O2. The normalized spacial score (nSPS) is 21.8. The average Bonchev–Trinajstić information content (AvgIpc) is 3.55. The van der Waals surface area contributed by atoms with Crippen LogP contribution >= 0.6 is 0 Å². The van der Waals surface area contributed by atoms with Crippen molar-refractivity contribution in [1.29, 1.82) is 0 Å². The Balaban J connectivity index is 1.39. The van der Waals surface area contributed by atoms with Crippen LogP contribution in [0, 0.1) is 5.92 Å². The second-order valence-electron chi connectivity index (χ2n) is 7.25. The van der Waals surface area contributed by atoms with Crippen LogP contribution in [0.5, 0.6) is 5.75 Å². The van der Waals surface area contributed by atoms with Crippen LogP contribution in [-0.2, 0) is 11.2 Å². The molecule has 2 unspecified atom stereocenters. The Labute approximate surface area is 155 Å². The molecule has 1 aromatic carbocycles. The van der Waals surface area contributed by atoms with Crippen LogP contribution < -0.4 is 20.7 Å². The lowest BCUT2D eigenvalue weighted by atomic mass is 10.1. The molecular weight excluding hydrogens is 328 g/mol. The van der Waals surface area contributed by atoms with Gasteiger partial charge in [0.2, 0.25) is 0 Å². The highest BCUT2D eigenvalue weighted by Crippen LogP contribution is 2.28. The summed E-state index contributed by atoms with van der Waals surface area (Å²) in [6.45, 7) is 6.02. The second kappa shape index (κ2) is 8.92. The number of amides is 1. The number of aliphatic imine (C=N–C) groups is 1. The van der Waals surface area contributed by atoms with Gasteiger partial charge in [-0.2, -0.15) is 0 Å². The molecule has 26 heavy (non-hydrogen) atoms. The van der Waals surface area contributed by atoms with E-state index in [9.17, 15) is 4.79 Å². The number of rotatable bonds is 9. The molecule has 0 radical (unpaired) electrons. The Morgan fingerprint density at radius 1 is 1.23 bits per heavy atom. The summed E-state index contributed by atoms with van der Waals surface area (Å²) in [5.41, 5.74) is 1.21. The zero-order chi connectivity index (χ0) is 18.4. The molecule has 6 heteroatoms. The summed E-state index contributed by atoms with van der Waals surface area (Å²) in [5, 5.41) is 9.67. The van der Waals surface area contributed by atoms with Crippen molar-refractivity contribution in [2.24, 2.45) is 10.9 Å². The monoisotopic (exact) mass is 358 g/mol. The van der Waals surface area contributed by atoms with Gasteiger partial charge < -0.3 is 20.7 Å². The minimum Gasteiger partial charge on any atom is -0.484 e. The summed E-state index contributed by atoms with van der Waals surface area (Å²) >= 11 is 0. The van der Waals surface area contributed by atoms with E-state index in [-0.39, 0.29) is 12.5 Å². The fourth-order valence-corrected chi connectivity index (χ4v) is 2.71. The first-order valence-corrected chi connectivity index (χ1v) is 9.70. The van der Waals surface area contributed by atoms with E-state index < -0.39 is 0 Å². The van der Waals surface area contributed by atoms with Gasteiger partial charge in [0.1, 0.15) is 5.75 Å². The highest BCUT2D eigenvalue weighted by molar-refractivity contribution is 5.80. The molecule has 1 amide bonds. The summed E-state index contributed by atoms with van der Waals surface area (Å²) in [6.07, 6.45) is 4.28. The third-order valence-corrected chi connectivity index (χ3v) is 4.68. The van der Waals surface area contributed by atoms with Crippen molar-refractivity contribution in [2.45, 2.75) is 51.6 Å². The van der Waals surface area contributed by atoms with E-state index >= 15 is 0 Å². The quantitative estimate of drug-likeness (QED) is 0.465. The van der Waals surface area contributed by atoms with Crippen LogP contribution in [0.25, 0.3) is 0 Å². The zero-order valence-electron chi connectivity index (χ0n) is 15.8. The Morgan fingerprint density at radius 2 is 1.96 bits per heavy atom. The molecule has 2 aliphatic carbocycles. The van der Waals surface area contributed by atoms with Gasteiger partial charge in [-0.3, -0.25) is 9.79 Å². The van der Waals surface area contributed by atoms with Crippen LogP contribution in [0.1, 0.15) is 38.7 Å². The minimum atomic E-state index is -0.0423. The van der Waals surface area contributed by atoms with Crippen molar-refractivity contribution in [2.75, 3.05) is 19.7 Å². The van der Waals surface area contributed by atoms with Gasteiger partial charge in [0, 0.05) is 25.2 Å². The minimum absolute atomic E-state index is 0.0423. The fraction of sp³-hybridized carbons (Fsp3) is 0.600. The van der Waals surface area contributed by atoms with Crippen LogP contribution in [-0.4, -0.2) is 43.6 Å². The zero-order valence-corrected chi connectivity index (χ0v) is 15.8. The lowest BCUT2D eigenvalue weighted by Crippen LogP contribution is -2.39. The molecule has 3 N–H and O–H groups in total. The summed E-state index contributed by atoms with van der Waals surface area (Å²) < 4.78 is 5.53. The van der Waals surface area contributed by atoms with Gasteiger partial charge in [0.15, 0.2) is 12.6 Å². The lowest BCUT2D eigenvalue weighted by Gasteiger charge is -2.11. The number of carbonyl (C=O) groups is 1. The number of nitrogens with zero attached hydrogens (tertiary/aromatic N) is 1. The van der Waals surface area contributed by atoms with Crippen molar-refractivity contribution in [3.05, 3.63) is 29.8 Å². The van der Waals surface area contributed by atoms with Crippen LogP contribution in [0.15, 0.2) is 29.3 Å². The largest absolute Gasteiger partial charge is 0.484 e. The molecule has 1 aromatic rings. The third kappa shape index (κ3) is 6.24. The maximum absolute atomic E-state index is 11.6. The van der Waals surface area contributed by atoms with Gasteiger partial charge in [0.25, 0.3) is 5.91 Å². The molecule has 2 aliphatic rings. The standard InChI is InChI=1S/C20H30N4O2/c1-3-21-20(24-18-12-14(18)2)22-11-10-15-4-8-17(9-5-15)26-13-19(25)23-16-6-7-16/h4-5,8-9,14,16,18H,3,6-7,10-13H2,1-2H3,(H,23,25)(H2,21,22,24). The summed E-state index contributed by atoms with van der Waals surface area (Å²) in [5.74, 6) is 2.33. The summed E-state index contributed by atoms with van der Waals surface area (Å²) in [4.78, 5) is 16.3. The van der Waals surface area contributed by atoms with E-state index in [4.69, 9.17) is 4.74 Å². The number of guanidine groups is 1. The number of hydrogen-bond acceptors (Lipinski definition) is 3. The predicted octanol–water partition coefficient (Wildman–Crippen LogP) is 1.85. The number of nitrogens with one attached hydrogen (secondary N) is 3. The Kier molecular flexibility index (Phi) is 6.36. The third-order valence-electron chi connectivity index (χ3n) is 4.68. The molecule has 2 saturated carbocycles. The van der Waals surface area contributed by atoms with E-state index in [1.807, 2.05) is 24.3 Å². The molecule has 2 atom stereocenters. The number of hydrogen-bond donors (Lipinski definition) is 3. The highest BCUT2D eigenvalue weighted by Gasteiger charge is 2.33. The molecule has 0 bridgehead atoms. The predicted molar refractivity (Wildman–Crippen MR) is 103 cm³/mol. The average molecular weight is 358 g/mol. The Morgan fingerprint density at radius 3 is 2.58 bits per heavy atom. The first kappa shape index (κ1) is 18.5. The maximum atomic E-state index is 11.6. The van der Waals surface area contributed by atoms with E-state index in [0.717, 1.165) is 50.0 Å². The smallest absolute Gasteiger partial charge is 0.258 e. The number of carbonyl (C=O) groups excluding carboxylic acids is 1.